The highest BCUT2D eigenvalue weighted by Gasteiger charge is 2.31. The maximum Gasteiger partial charge on any atom is 0.230 e. The first-order valence-corrected chi connectivity index (χ1v) is 7.00. The van der Waals surface area contributed by atoms with Crippen LogP contribution in [0.15, 0.2) is 29.4 Å². The zero-order valence-electron chi connectivity index (χ0n) is 11.3. The van der Waals surface area contributed by atoms with Crippen molar-refractivity contribution < 1.29 is 14.7 Å². The van der Waals surface area contributed by atoms with E-state index in [1.165, 1.54) is 0 Å². The third kappa shape index (κ3) is 2.29. The topological polar surface area (TPSA) is 62.1 Å². The van der Waals surface area contributed by atoms with Crippen molar-refractivity contribution in [3.8, 4) is 0 Å². The SMILES string of the molecule is O=C(C1CCOCC1)N1CCC(=NO)c2ccccc21. The molecule has 1 N–H and O–H groups in total. The molecule has 0 atom stereocenters. The van der Waals surface area contributed by atoms with Crippen LogP contribution >= 0.6 is 0 Å². The Morgan fingerprint density at radius 1 is 1.30 bits per heavy atom. The molecule has 2 aliphatic rings. The van der Waals surface area contributed by atoms with Crippen molar-refractivity contribution in [2.75, 3.05) is 24.7 Å². The van der Waals surface area contributed by atoms with Gasteiger partial charge >= 0.3 is 0 Å². The summed E-state index contributed by atoms with van der Waals surface area (Å²) in [5.74, 6) is 0.210. The second kappa shape index (κ2) is 5.63. The fourth-order valence-electron chi connectivity index (χ4n) is 2.92. The second-order valence-corrected chi connectivity index (χ2v) is 5.19. The number of oxime groups is 1. The van der Waals surface area contributed by atoms with Crippen molar-refractivity contribution in [2.24, 2.45) is 11.1 Å². The Bertz CT molecular complexity index is 536. The number of anilines is 1. The molecule has 2 heterocycles. The van der Waals surface area contributed by atoms with Gasteiger partial charge in [0.25, 0.3) is 0 Å². The van der Waals surface area contributed by atoms with Gasteiger partial charge in [0, 0.05) is 37.7 Å². The first kappa shape index (κ1) is 13.1. The molecule has 0 unspecified atom stereocenters. The zero-order valence-corrected chi connectivity index (χ0v) is 11.3. The third-order valence-corrected chi connectivity index (χ3v) is 4.04. The summed E-state index contributed by atoms with van der Waals surface area (Å²) in [7, 11) is 0. The molecule has 0 bridgehead atoms. The monoisotopic (exact) mass is 274 g/mol. The minimum absolute atomic E-state index is 0.0458. The Kier molecular flexibility index (Phi) is 3.69. The minimum atomic E-state index is 0.0458. The van der Waals surface area contributed by atoms with Crippen LogP contribution in [0.5, 0.6) is 0 Å². The van der Waals surface area contributed by atoms with E-state index in [1.807, 2.05) is 29.2 Å². The number of para-hydroxylation sites is 1. The van der Waals surface area contributed by atoms with Gasteiger partial charge in [-0.3, -0.25) is 4.79 Å². The highest BCUT2D eigenvalue weighted by Crippen LogP contribution is 2.30. The molecule has 3 rings (SSSR count). The number of fused-ring (bicyclic) bond motifs is 1. The normalized spacial score (nSPS) is 21.8. The lowest BCUT2D eigenvalue weighted by atomic mass is 9.94. The van der Waals surface area contributed by atoms with Crippen LogP contribution in [0.1, 0.15) is 24.8 Å². The van der Waals surface area contributed by atoms with Gasteiger partial charge in [0.15, 0.2) is 0 Å². The predicted octanol–water partition coefficient (Wildman–Crippen LogP) is 2.03. The Balaban J connectivity index is 1.89. The van der Waals surface area contributed by atoms with Crippen LogP contribution < -0.4 is 4.90 Å². The molecule has 0 spiro atoms. The number of amides is 1. The molecule has 1 aromatic carbocycles. The number of carbonyl (C=O) groups excluding carboxylic acids is 1. The number of nitrogens with zero attached hydrogens (tertiary/aromatic N) is 2. The number of hydrogen-bond donors (Lipinski definition) is 1. The number of rotatable bonds is 1. The molecule has 20 heavy (non-hydrogen) atoms. The molecule has 1 amide bonds. The van der Waals surface area contributed by atoms with Crippen molar-refractivity contribution in [3.63, 3.8) is 0 Å². The molecule has 106 valence electrons. The summed E-state index contributed by atoms with van der Waals surface area (Å²) in [6.45, 7) is 1.90. The number of benzene rings is 1. The highest BCUT2D eigenvalue weighted by molar-refractivity contribution is 6.11. The van der Waals surface area contributed by atoms with Crippen molar-refractivity contribution in [1.82, 2.24) is 0 Å². The Morgan fingerprint density at radius 2 is 2.05 bits per heavy atom. The fourth-order valence-corrected chi connectivity index (χ4v) is 2.92. The average Bonchev–Trinajstić information content (AvgIpc) is 2.54. The lowest BCUT2D eigenvalue weighted by molar-refractivity contribution is -0.125. The minimum Gasteiger partial charge on any atom is -0.411 e. The van der Waals surface area contributed by atoms with Gasteiger partial charge in [-0.1, -0.05) is 23.4 Å². The lowest BCUT2D eigenvalue weighted by Gasteiger charge is -2.33. The summed E-state index contributed by atoms with van der Waals surface area (Å²) < 4.78 is 5.32. The Morgan fingerprint density at radius 3 is 2.80 bits per heavy atom. The van der Waals surface area contributed by atoms with E-state index < -0.39 is 0 Å². The number of carbonyl (C=O) groups is 1. The Labute approximate surface area is 117 Å². The average molecular weight is 274 g/mol. The highest BCUT2D eigenvalue weighted by atomic mass is 16.5. The maximum atomic E-state index is 12.7. The summed E-state index contributed by atoms with van der Waals surface area (Å²) in [5.41, 5.74) is 2.35. The van der Waals surface area contributed by atoms with E-state index in [9.17, 15) is 4.79 Å². The smallest absolute Gasteiger partial charge is 0.230 e. The van der Waals surface area contributed by atoms with Crippen molar-refractivity contribution in [1.29, 1.82) is 0 Å². The Hall–Kier alpha value is -1.88. The van der Waals surface area contributed by atoms with Gasteiger partial charge in [0.2, 0.25) is 5.91 Å². The molecular formula is C15H18N2O3. The van der Waals surface area contributed by atoms with Crippen LogP contribution in [0.2, 0.25) is 0 Å². The van der Waals surface area contributed by atoms with E-state index in [2.05, 4.69) is 5.16 Å². The molecule has 5 nitrogen and oxygen atoms in total. The van der Waals surface area contributed by atoms with Crippen LogP contribution in [0.3, 0.4) is 0 Å². The van der Waals surface area contributed by atoms with Gasteiger partial charge in [-0.15, -0.1) is 0 Å². The van der Waals surface area contributed by atoms with Crippen molar-refractivity contribution >= 4 is 17.3 Å². The summed E-state index contributed by atoms with van der Waals surface area (Å²) in [6.07, 6.45) is 2.17. The molecule has 0 aliphatic carbocycles. The quantitative estimate of drug-likeness (QED) is 0.629. The van der Waals surface area contributed by atoms with Crippen LogP contribution in [-0.4, -0.2) is 36.6 Å². The summed E-state index contributed by atoms with van der Waals surface area (Å²) >= 11 is 0. The van der Waals surface area contributed by atoms with Gasteiger partial charge in [0.1, 0.15) is 0 Å². The van der Waals surface area contributed by atoms with E-state index in [1.54, 1.807) is 0 Å². The summed E-state index contributed by atoms with van der Waals surface area (Å²) in [5, 5.41) is 12.4. The van der Waals surface area contributed by atoms with Crippen LogP contribution in [0, 0.1) is 5.92 Å². The molecule has 5 heteroatoms. The molecule has 2 aliphatic heterocycles. The van der Waals surface area contributed by atoms with Crippen molar-refractivity contribution in [2.45, 2.75) is 19.3 Å². The number of ether oxygens (including phenoxy) is 1. The summed E-state index contributed by atoms with van der Waals surface area (Å²) in [6, 6.07) is 7.61. The van der Waals surface area contributed by atoms with E-state index in [4.69, 9.17) is 9.94 Å². The van der Waals surface area contributed by atoms with Crippen LogP contribution in [-0.2, 0) is 9.53 Å². The molecule has 1 saturated heterocycles. The summed E-state index contributed by atoms with van der Waals surface area (Å²) in [4.78, 5) is 14.5. The first-order valence-electron chi connectivity index (χ1n) is 7.00. The first-order chi connectivity index (χ1) is 9.81. The molecule has 1 fully saturated rings. The standard InChI is InChI=1S/C15H18N2O3/c18-15(11-6-9-20-10-7-11)17-8-5-13(16-19)12-3-1-2-4-14(12)17/h1-4,11,19H,5-10H2. The van der Waals surface area contributed by atoms with E-state index in [-0.39, 0.29) is 11.8 Å². The van der Waals surface area contributed by atoms with Gasteiger partial charge in [-0.2, -0.15) is 0 Å². The fraction of sp³-hybridized carbons (Fsp3) is 0.467. The van der Waals surface area contributed by atoms with E-state index >= 15 is 0 Å². The maximum absolute atomic E-state index is 12.7. The lowest BCUT2D eigenvalue weighted by Crippen LogP contribution is -2.42. The largest absolute Gasteiger partial charge is 0.411 e. The van der Waals surface area contributed by atoms with E-state index in [0.29, 0.717) is 31.9 Å². The van der Waals surface area contributed by atoms with Crippen molar-refractivity contribution in [3.05, 3.63) is 29.8 Å². The van der Waals surface area contributed by atoms with Gasteiger partial charge < -0.3 is 14.8 Å². The molecule has 1 aromatic rings. The van der Waals surface area contributed by atoms with Crippen LogP contribution in [0.25, 0.3) is 0 Å². The van der Waals surface area contributed by atoms with Gasteiger partial charge in [-0.25, -0.2) is 0 Å². The van der Waals surface area contributed by atoms with Gasteiger partial charge in [-0.05, 0) is 18.9 Å². The van der Waals surface area contributed by atoms with Gasteiger partial charge in [0.05, 0.1) is 11.4 Å². The molecule has 0 radical (unpaired) electrons. The zero-order chi connectivity index (χ0) is 13.9. The molecular weight excluding hydrogens is 256 g/mol. The molecule has 0 aromatic heterocycles. The second-order valence-electron chi connectivity index (χ2n) is 5.19. The van der Waals surface area contributed by atoms with Crippen LogP contribution in [0.4, 0.5) is 5.69 Å². The molecule has 0 saturated carbocycles. The third-order valence-electron chi connectivity index (χ3n) is 4.04. The van der Waals surface area contributed by atoms with E-state index in [0.717, 1.165) is 24.1 Å². The predicted molar refractivity (Wildman–Crippen MR) is 75.3 cm³/mol. The number of hydrogen-bond acceptors (Lipinski definition) is 4.